The van der Waals surface area contributed by atoms with Gasteiger partial charge in [0.25, 0.3) is 0 Å². The molecular weight excluding hydrogens is 302 g/mol. The fourth-order valence-electron chi connectivity index (χ4n) is 4.06. The van der Waals surface area contributed by atoms with Gasteiger partial charge in [0.15, 0.2) is 0 Å². The highest BCUT2D eigenvalue weighted by Crippen LogP contribution is 2.37. The second-order valence-electron chi connectivity index (χ2n) is 7.51. The zero-order valence-electron chi connectivity index (χ0n) is 14.7. The maximum atomic E-state index is 12.4. The van der Waals surface area contributed by atoms with Crippen LogP contribution in [0.3, 0.4) is 0 Å². The van der Waals surface area contributed by atoms with E-state index in [1.165, 1.54) is 24.2 Å². The molecule has 0 atom stereocenters. The topological polar surface area (TPSA) is 53.4 Å². The van der Waals surface area contributed by atoms with Crippen molar-refractivity contribution in [2.75, 3.05) is 32.7 Å². The predicted molar refractivity (Wildman–Crippen MR) is 92.8 cm³/mol. The Kier molecular flexibility index (Phi) is 4.59. The third-order valence-corrected chi connectivity index (χ3v) is 5.73. The molecule has 1 saturated heterocycles. The molecule has 1 aliphatic carbocycles. The summed E-state index contributed by atoms with van der Waals surface area (Å²) in [5.41, 5.74) is 2.58. The summed E-state index contributed by atoms with van der Waals surface area (Å²) in [7, 11) is 0. The lowest BCUT2D eigenvalue weighted by Crippen LogP contribution is -2.48. The number of aromatic nitrogens is 2. The summed E-state index contributed by atoms with van der Waals surface area (Å²) in [6.45, 7) is 7.81. The van der Waals surface area contributed by atoms with E-state index < -0.39 is 0 Å². The molecular formula is C18H29N5O. The van der Waals surface area contributed by atoms with E-state index in [1.54, 1.807) is 0 Å². The summed E-state index contributed by atoms with van der Waals surface area (Å²) in [4.78, 5) is 21.7. The number of rotatable bonds is 5. The number of carbonyl (C=O) groups excluding carboxylic acids is 1. The van der Waals surface area contributed by atoms with Crippen LogP contribution in [0, 0.1) is 0 Å². The van der Waals surface area contributed by atoms with E-state index in [4.69, 9.17) is 0 Å². The van der Waals surface area contributed by atoms with Gasteiger partial charge in [-0.15, -0.1) is 0 Å². The number of carbonyl (C=O) groups is 1. The summed E-state index contributed by atoms with van der Waals surface area (Å²) in [5.74, 6) is 0.176. The van der Waals surface area contributed by atoms with Crippen LogP contribution in [0.1, 0.15) is 50.0 Å². The molecule has 0 spiro atoms. The first-order valence-corrected chi connectivity index (χ1v) is 9.51. The molecule has 0 unspecified atom stereocenters. The SMILES string of the molecule is CCN1CCC(NC(=O)CN2CCc3c(ncn3C3CC3)C2)CC1. The van der Waals surface area contributed by atoms with E-state index in [2.05, 4.69) is 31.6 Å². The molecule has 24 heavy (non-hydrogen) atoms. The van der Waals surface area contributed by atoms with Crippen LogP contribution >= 0.6 is 0 Å². The predicted octanol–water partition coefficient (Wildman–Crippen LogP) is 1.18. The Bertz CT molecular complexity index is 586. The second-order valence-corrected chi connectivity index (χ2v) is 7.51. The van der Waals surface area contributed by atoms with Crippen LogP contribution < -0.4 is 5.32 Å². The Morgan fingerprint density at radius 2 is 2.00 bits per heavy atom. The molecule has 6 nitrogen and oxygen atoms in total. The van der Waals surface area contributed by atoms with Gasteiger partial charge in [0.1, 0.15) is 0 Å². The van der Waals surface area contributed by atoms with Gasteiger partial charge >= 0.3 is 0 Å². The van der Waals surface area contributed by atoms with E-state index in [0.717, 1.165) is 52.0 Å². The Balaban J connectivity index is 1.26. The molecule has 1 saturated carbocycles. The minimum Gasteiger partial charge on any atom is -0.352 e. The van der Waals surface area contributed by atoms with Crippen LogP contribution in [0.5, 0.6) is 0 Å². The molecule has 1 aromatic heterocycles. The summed E-state index contributed by atoms with van der Waals surface area (Å²) in [6.07, 6.45) is 7.78. The first kappa shape index (κ1) is 16.1. The molecule has 0 bridgehead atoms. The van der Waals surface area contributed by atoms with Crippen molar-refractivity contribution in [3.63, 3.8) is 0 Å². The molecule has 1 amide bonds. The highest BCUT2D eigenvalue weighted by Gasteiger charge is 2.30. The maximum absolute atomic E-state index is 12.4. The van der Waals surface area contributed by atoms with Crippen LogP contribution in [-0.2, 0) is 17.8 Å². The average molecular weight is 331 g/mol. The zero-order valence-corrected chi connectivity index (χ0v) is 14.7. The average Bonchev–Trinajstić information content (AvgIpc) is 3.35. The molecule has 6 heteroatoms. The Hall–Kier alpha value is -1.40. The fraction of sp³-hybridized carbons (Fsp3) is 0.778. The summed E-state index contributed by atoms with van der Waals surface area (Å²) in [5, 5.41) is 3.24. The largest absolute Gasteiger partial charge is 0.352 e. The van der Waals surface area contributed by atoms with Gasteiger partial charge in [0.05, 0.1) is 18.6 Å². The minimum atomic E-state index is 0.176. The number of amides is 1. The van der Waals surface area contributed by atoms with E-state index in [0.29, 0.717) is 18.6 Å². The first-order valence-electron chi connectivity index (χ1n) is 9.51. The van der Waals surface area contributed by atoms with Gasteiger partial charge in [0, 0.05) is 50.4 Å². The van der Waals surface area contributed by atoms with Crippen molar-refractivity contribution in [3.8, 4) is 0 Å². The number of imidazole rings is 1. The monoisotopic (exact) mass is 331 g/mol. The molecule has 132 valence electrons. The second kappa shape index (κ2) is 6.84. The highest BCUT2D eigenvalue weighted by atomic mass is 16.2. The summed E-state index contributed by atoms with van der Waals surface area (Å²) >= 11 is 0. The smallest absolute Gasteiger partial charge is 0.234 e. The van der Waals surface area contributed by atoms with Gasteiger partial charge in [-0.2, -0.15) is 0 Å². The van der Waals surface area contributed by atoms with Gasteiger partial charge in [0.2, 0.25) is 5.91 Å². The lowest BCUT2D eigenvalue weighted by Gasteiger charge is -2.32. The Morgan fingerprint density at radius 1 is 1.21 bits per heavy atom. The standard InChI is InChI=1S/C18H29N5O/c1-2-21-8-5-14(6-9-21)20-18(24)12-22-10-7-17-16(11-22)19-13-23(17)15-3-4-15/h13-15H,2-12H2,1H3,(H,20,24). The van der Waals surface area contributed by atoms with Crippen molar-refractivity contribution in [1.82, 2.24) is 24.7 Å². The van der Waals surface area contributed by atoms with Gasteiger partial charge in [-0.3, -0.25) is 9.69 Å². The molecule has 3 heterocycles. The van der Waals surface area contributed by atoms with Crippen LogP contribution in [-0.4, -0.2) is 64.0 Å². The van der Waals surface area contributed by atoms with Crippen LogP contribution in [0.25, 0.3) is 0 Å². The fourth-order valence-corrected chi connectivity index (χ4v) is 4.06. The van der Waals surface area contributed by atoms with E-state index in [1.807, 2.05) is 6.33 Å². The Labute approximate surface area is 144 Å². The Morgan fingerprint density at radius 3 is 2.71 bits per heavy atom. The lowest BCUT2D eigenvalue weighted by molar-refractivity contribution is -0.123. The highest BCUT2D eigenvalue weighted by molar-refractivity contribution is 5.78. The van der Waals surface area contributed by atoms with E-state index in [-0.39, 0.29) is 5.91 Å². The minimum absolute atomic E-state index is 0.176. The molecule has 2 fully saturated rings. The molecule has 0 aromatic carbocycles. The van der Waals surface area contributed by atoms with Crippen molar-refractivity contribution < 1.29 is 4.79 Å². The summed E-state index contributed by atoms with van der Waals surface area (Å²) in [6, 6.07) is 1.06. The number of hydrogen-bond donors (Lipinski definition) is 1. The number of likely N-dealkylation sites (tertiary alicyclic amines) is 1. The third kappa shape index (κ3) is 3.49. The lowest BCUT2D eigenvalue weighted by atomic mass is 10.1. The van der Waals surface area contributed by atoms with Crippen molar-refractivity contribution in [1.29, 1.82) is 0 Å². The number of hydrogen-bond acceptors (Lipinski definition) is 4. The number of nitrogens with one attached hydrogen (secondary N) is 1. The number of nitrogens with zero attached hydrogens (tertiary/aromatic N) is 4. The van der Waals surface area contributed by atoms with E-state index >= 15 is 0 Å². The maximum Gasteiger partial charge on any atom is 0.234 e. The zero-order chi connectivity index (χ0) is 16.5. The number of piperidine rings is 1. The van der Waals surface area contributed by atoms with Gasteiger partial charge in [-0.05, 0) is 32.2 Å². The van der Waals surface area contributed by atoms with Crippen LogP contribution in [0.15, 0.2) is 6.33 Å². The van der Waals surface area contributed by atoms with Crippen LogP contribution in [0.4, 0.5) is 0 Å². The van der Waals surface area contributed by atoms with Crippen molar-refractivity contribution in [3.05, 3.63) is 17.7 Å². The molecule has 2 aliphatic heterocycles. The van der Waals surface area contributed by atoms with Crippen molar-refractivity contribution in [2.45, 2.75) is 57.7 Å². The molecule has 0 radical (unpaired) electrons. The first-order chi connectivity index (χ1) is 11.7. The normalized spacial score (nSPS) is 23.2. The molecule has 4 rings (SSSR count). The quantitative estimate of drug-likeness (QED) is 0.880. The van der Waals surface area contributed by atoms with Crippen molar-refractivity contribution >= 4 is 5.91 Å². The summed E-state index contributed by atoms with van der Waals surface area (Å²) < 4.78 is 2.37. The van der Waals surface area contributed by atoms with Gasteiger partial charge < -0.3 is 14.8 Å². The number of fused-ring (bicyclic) bond motifs is 1. The van der Waals surface area contributed by atoms with Gasteiger partial charge in [-0.1, -0.05) is 6.92 Å². The molecule has 1 N–H and O–H groups in total. The van der Waals surface area contributed by atoms with E-state index in [9.17, 15) is 4.79 Å². The van der Waals surface area contributed by atoms with Crippen LogP contribution in [0.2, 0.25) is 0 Å². The molecule has 3 aliphatic rings. The van der Waals surface area contributed by atoms with Crippen molar-refractivity contribution in [2.24, 2.45) is 0 Å². The third-order valence-electron chi connectivity index (χ3n) is 5.73. The molecule has 1 aromatic rings. The van der Waals surface area contributed by atoms with Gasteiger partial charge in [-0.25, -0.2) is 4.98 Å².